The molecule has 0 aromatic heterocycles. The SMILES string of the molecule is N#Cc1ccc(NC(C(=O)[O-])c2cc(I)cc(I)c2OCCO)cc1. The third-order valence-corrected chi connectivity index (χ3v) is 4.67. The molecule has 0 saturated carbocycles. The number of benzene rings is 2. The Morgan fingerprint density at radius 1 is 1.32 bits per heavy atom. The van der Waals surface area contributed by atoms with Crippen LogP contribution in [-0.2, 0) is 4.79 Å². The van der Waals surface area contributed by atoms with Gasteiger partial charge in [-0.3, -0.25) is 0 Å². The second-order valence-electron chi connectivity index (χ2n) is 4.96. The van der Waals surface area contributed by atoms with E-state index < -0.39 is 12.0 Å². The minimum absolute atomic E-state index is 0.0558. The van der Waals surface area contributed by atoms with E-state index >= 15 is 0 Å². The Hall–Kier alpha value is -1.58. The van der Waals surface area contributed by atoms with Crippen molar-refractivity contribution >= 4 is 56.8 Å². The fraction of sp³-hybridized carbons (Fsp3) is 0.176. The lowest BCUT2D eigenvalue weighted by atomic mass is 10.0. The van der Waals surface area contributed by atoms with Crippen LogP contribution in [0, 0.1) is 18.5 Å². The molecule has 2 N–H and O–H groups in total. The van der Waals surface area contributed by atoms with Gasteiger partial charge in [0, 0.05) is 14.8 Å². The monoisotopic (exact) mass is 563 g/mol. The van der Waals surface area contributed by atoms with Crippen LogP contribution in [0.2, 0.25) is 0 Å². The molecule has 2 rings (SSSR count). The van der Waals surface area contributed by atoms with Gasteiger partial charge in [0.15, 0.2) is 0 Å². The first-order valence-corrected chi connectivity index (χ1v) is 9.32. The molecule has 0 heterocycles. The zero-order valence-corrected chi connectivity index (χ0v) is 17.1. The van der Waals surface area contributed by atoms with Crippen LogP contribution in [0.4, 0.5) is 5.69 Å². The molecule has 1 unspecified atom stereocenters. The topological polar surface area (TPSA) is 105 Å². The van der Waals surface area contributed by atoms with Crippen molar-refractivity contribution < 1.29 is 19.7 Å². The average molecular weight is 563 g/mol. The molecule has 1 atom stereocenters. The Morgan fingerprint density at radius 2 is 2.00 bits per heavy atom. The van der Waals surface area contributed by atoms with E-state index in [1.807, 2.05) is 12.1 Å². The van der Waals surface area contributed by atoms with Gasteiger partial charge in [0.1, 0.15) is 12.4 Å². The Balaban J connectivity index is 2.42. The zero-order chi connectivity index (χ0) is 18.4. The van der Waals surface area contributed by atoms with Crippen LogP contribution >= 0.6 is 45.2 Å². The summed E-state index contributed by atoms with van der Waals surface area (Å²) in [5, 5.41) is 32.5. The van der Waals surface area contributed by atoms with Crippen molar-refractivity contribution in [2.45, 2.75) is 6.04 Å². The Bertz CT molecular complexity index is 804. The van der Waals surface area contributed by atoms with Gasteiger partial charge < -0.3 is 25.1 Å². The molecule has 0 amide bonds. The Labute approximate surface area is 172 Å². The lowest BCUT2D eigenvalue weighted by Gasteiger charge is -2.24. The van der Waals surface area contributed by atoms with Crippen molar-refractivity contribution in [2.24, 2.45) is 0 Å². The highest BCUT2D eigenvalue weighted by atomic mass is 127. The molecule has 8 heteroatoms. The molecule has 0 aliphatic heterocycles. The van der Waals surface area contributed by atoms with Gasteiger partial charge >= 0.3 is 0 Å². The smallest absolute Gasteiger partial charge is 0.138 e. The number of hydrogen-bond acceptors (Lipinski definition) is 6. The first kappa shape index (κ1) is 19.7. The normalized spacial score (nSPS) is 11.4. The molecule has 2 aromatic rings. The third kappa shape index (κ3) is 5.20. The van der Waals surface area contributed by atoms with Gasteiger partial charge in [-0.1, -0.05) is 0 Å². The lowest BCUT2D eigenvalue weighted by molar-refractivity contribution is -0.307. The predicted octanol–water partition coefficient (Wildman–Crippen LogP) is 2.04. The number of rotatable bonds is 7. The van der Waals surface area contributed by atoms with Gasteiger partial charge in [-0.2, -0.15) is 5.26 Å². The van der Waals surface area contributed by atoms with E-state index in [0.717, 1.165) is 7.14 Å². The summed E-state index contributed by atoms with van der Waals surface area (Å²) in [6.45, 7) is -0.124. The zero-order valence-electron chi connectivity index (χ0n) is 12.8. The third-order valence-electron chi connectivity index (χ3n) is 3.25. The molecule has 0 radical (unpaired) electrons. The fourth-order valence-electron chi connectivity index (χ4n) is 2.17. The number of aliphatic hydroxyl groups is 1. The van der Waals surface area contributed by atoms with Crippen molar-refractivity contribution in [1.82, 2.24) is 0 Å². The summed E-state index contributed by atoms with van der Waals surface area (Å²) in [5.41, 5.74) is 1.43. The summed E-state index contributed by atoms with van der Waals surface area (Å²) in [7, 11) is 0. The molecular weight excluding hydrogens is 550 g/mol. The van der Waals surface area contributed by atoms with Crippen LogP contribution in [0.1, 0.15) is 17.2 Å². The molecule has 6 nitrogen and oxygen atoms in total. The molecule has 0 bridgehead atoms. The van der Waals surface area contributed by atoms with Gasteiger partial charge in [0.05, 0.1) is 33.8 Å². The number of halogens is 2. The number of anilines is 1. The highest BCUT2D eigenvalue weighted by molar-refractivity contribution is 14.1. The number of aliphatic carboxylic acids is 1. The van der Waals surface area contributed by atoms with Crippen LogP contribution in [0.5, 0.6) is 5.75 Å². The van der Waals surface area contributed by atoms with E-state index in [1.165, 1.54) is 0 Å². The molecule has 2 aromatic carbocycles. The number of hydrogen-bond donors (Lipinski definition) is 2. The summed E-state index contributed by atoms with van der Waals surface area (Å²) in [6, 6.07) is 10.9. The van der Waals surface area contributed by atoms with Crippen LogP contribution in [0.15, 0.2) is 36.4 Å². The molecule has 130 valence electrons. The Morgan fingerprint density at radius 3 is 2.56 bits per heavy atom. The summed E-state index contributed by atoms with van der Waals surface area (Å²) in [4.78, 5) is 11.7. The number of carbonyl (C=O) groups is 1. The molecule has 0 aliphatic rings. The number of nitrogens with one attached hydrogen (secondary N) is 1. The second kappa shape index (κ2) is 9.21. The molecular formula is C17H13I2N2O4-. The number of carboxylic acids is 1. The van der Waals surface area contributed by atoms with E-state index in [9.17, 15) is 9.90 Å². The van der Waals surface area contributed by atoms with Gasteiger partial charge in [0.2, 0.25) is 0 Å². The maximum atomic E-state index is 11.7. The van der Waals surface area contributed by atoms with Crippen molar-refractivity contribution in [3.8, 4) is 11.8 Å². The van der Waals surface area contributed by atoms with Crippen molar-refractivity contribution in [1.29, 1.82) is 5.26 Å². The van der Waals surface area contributed by atoms with Crippen LogP contribution < -0.4 is 15.2 Å². The molecule has 0 aliphatic carbocycles. The maximum Gasteiger partial charge on any atom is 0.138 e. The van der Waals surface area contributed by atoms with Gasteiger partial charge in [-0.15, -0.1) is 0 Å². The van der Waals surface area contributed by atoms with E-state index in [-0.39, 0.29) is 13.2 Å². The Kier molecular flexibility index (Phi) is 7.27. The van der Waals surface area contributed by atoms with Gasteiger partial charge in [0.25, 0.3) is 0 Å². The highest BCUT2D eigenvalue weighted by Crippen LogP contribution is 2.34. The standard InChI is InChI=1S/C17H14I2N2O4/c18-11-7-13(16(14(19)8-11)25-6-5-22)15(17(23)24)21-12-3-1-10(9-20)2-4-12/h1-4,7-8,15,21-22H,5-6H2,(H,23,24)/p-1. The van der Waals surface area contributed by atoms with Gasteiger partial charge in [-0.25, -0.2) is 0 Å². The van der Waals surface area contributed by atoms with Crippen LogP contribution in [0.25, 0.3) is 0 Å². The number of aliphatic hydroxyl groups excluding tert-OH is 1. The number of carbonyl (C=O) groups excluding carboxylic acids is 1. The minimum atomic E-state index is -1.31. The average Bonchev–Trinajstić information content (AvgIpc) is 2.58. The maximum absolute atomic E-state index is 11.7. The number of nitriles is 1. The number of ether oxygens (including phenoxy) is 1. The second-order valence-corrected chi connectivity index (χ2v) is 7.37. The van der Waals surface area contributed by atoms with Crippen LogP contribution in [0.3, 0.4) is 0 Å². The summed E-state index contributed by atoms with van der Waals surface area (Å²) in [6.07, 6.45) is 0. The molecule has 0 fully saturated rings. The summed E-state index contributed by atoms with van der Waals surface area (Å²) in [5.74, 6) is -0.915. The fourth-order valence-corrected chi connectivity index (χ4v) is 4.21. The van der Waals surface area contributed by atoms with Crippen LogP contribution in [-0.4, -0.2) is 24.3 Å². The van der Waals surface area contributed by atoms with E-state index in [4.69, 9.17) is 15.1 Å². The van der Waals surface area contributed by atoms with E-state index in [1.54, 1.807) is 30.3 Å². The van der Waals surface area contributed by atoms with Crippen molar-refractivity contribution in [3.63, 3.8) is 0 Å². The van der Waals surface area contributed by atoms with E-state index in [2.05, 4.69) is 50.5 Å². The molecule has 0 saturated heterocycles. The quantitative estimate of drug-likeness (QED) is 0.500. The number of nitrogens with zero attached hydrogens (tertiary/aromatic N) is 1. The van der Waals surface area contributed by atoms with E-state index in [0.29, 0.717) is 22.6 Å². The number of carboxylic acid groups (broad SMARTS) is 1. The summed E-state index contributed by atoms with van der Waals surface area (Å²) >= 11 is 4.16. The van der Waals surface area contributed by atoms with Gasteiger partial charge in [-0.05, 0) is 81.6 Å². The largest absolute Gasteiger partial charge is 0.548 e. The first-order chi connectivity index (χ1) is 12.0. The first-order valence-electron chi connectivity index (χ1n) is 7.16. The lowest BCUT2D eigenvalue weighted by Crippen LogP contribution is -2.34. The van der Waals surface area contributed by atoms with Crippen molar-refractivity contribution in [2.75, 3.05) is 18.5 Å². The minimum Gasteiger partial charge on any atom is -0.548 e. The predicted molar refractivity (Wildman–Crippen MR) is 107 cm³/mol. The highest BCUT2D eigenvalue weighted by Gasteiger charge is 2.21. The van der Waals surface area contributed by atoms with Crippen molar-refractivity contribution in [3.05, 3.63) is 54.7 Å². The summed E-state index contributed by atoms with van der Waals surface area (Å²) < 4.78 is 7.13. The molecule has 25 heavy (non-hydrogen) atoms. The molecule has 0 spiro atoms.